The summed E-state index contributed by atoms with van der Waals surface area (Å²) in [7, 11) is 2.18. The summed E-state index contributed by atoms with van der Waals surface area (Å²) < 4.78 is 0. The minimum atomic E-state index is 0.109. The van der Waals surface area contributed by atoms with Crippen LogP contribution in [0.5, 0.6) is 0 Å². The molecule has 0 saturated carbocycles. The van der Waals surface area contributed by atoms with Crippen LogP contribution in [0.4, 0.5) is 0 Å². The van der Waals surface area contributed by atoms with Crippen LogP contribution in [0.3, 0.4) is 0 Å². The Morgan fingerprint density at radius 2 is 2.00 bits per heavy atom. The summed E-state index contributed by atoms with van der Waals surface area (Å²) in [6.07, 6.45) is 1.68. The molecule has 0 radical (unpaired) electrons. The molecule has 1 aromatic carbocycles. The maximum absolute atomic E-state index is 12.4. The lowest BCUT2D eigenvalue weighted by Crippen LogP contribution is -2.45. The Kier molecular flexibility index (Phi) is 6.44. The standard InChI is InChI=1S/C18H26ClN3OS/c1-20-9-11-21(12-10-20)7-3-8-22-17(23)6-13-24-18(22)15-4-2-5-16(19)14-15/h2,4-5,14,18H,3,6-13H2,1H3. The van der Waals surface area contributed by atoms with E-state index in [2.05, 4.69) is 27.8 Å². The Hall–Kier alpha value is -0.750. The van der Waals surface area contributed by atoms with Crippen molar-refractivity contribution in [3.8, 4) is 0 Å². The van der Waals surface area contributed by atoms with Gasteiger partial charge in [-0.1, -0.05) is 23.7 Å². The molecule has 2 heterocycles. The average Bonchev–Trinajstić information content (AvgIpc) is 2.58. The molecule has 6 heteroatoms. The van der Waals surface area contributed by atoms with Gasteiger partial charge in [0, 0.05) is 49.9 Å². The molecule has 0 aliphatic carbocycles. The third kappa shape index (κ3) is 4.66. The van der Waals surface area contributed by atoms with E-state index >= 15 is 0 Å². The van der Waals surface area contributed by atoms with Crippen LogP contribution < -0.4 is 0 Å². The van der Waals surface area contributed by atoms with Gasteiger partial charge in [-0.25, -0.2) is 0 Å². The van der Waals surface area contributed by atoms with Crippen molar-refractivity contribution < 1.29 is 4.79 Å². The summed E-state index contributed by atoms with van der Waals surface area (Å²) in [4.78, 5) is 19.4. The van der Waals surface area contributed by atoms with E-state index in [9.17, 15) is 4.79 Å². The van der Waals surface area contributed by atoms with Gasteiger partial charge in [-0.15, -0.1) is 11.8 Å². The van der Waals surface area contributed by atoms with Gasteiger partial charge in [-0.3, -0.25) is 4.79 Å². The molecule has 2 saturated heterocycles. The molecule has 1 atom stereocenters. The van der Waals surface area contributed by atoms with Gasteiger partial charge in [0.05, 0.1) is 0 Å². The first-order chi connectivity index (χ1) is 11.6. The monoisotopic (exact) mass is 367 g/mol. The molecule has 2 fully saturated rings. The highest BCUT2D eigenvalue weighted by molar-refractivity contribution is 7.99. The molecule has 1 unspecified atom stereocenters. The van der Waals surface area contributed by atoms with Gasteiger partial charge in [-0.05, 0) is 37.7 Å². The zero-order chi connectivity index (χ0) is 16.9. The number of halogens is 1. The number of amides is 1. The average molecular weight is 368 g/mol. The van der Waals surface area contributed by atoms with Crippen molar-refractivity contribution in [2.75, 3.05) is 52.1 Å². The molecule has 0 bridgehead atoms. The van der Waals surface area contributed by atoms with E-state index in [1.54, 1.807) is 0 Å². The van der Waals surface area contributed by atoms with Crippen molar-refractivity contribution in [3.63, 3.8) is 0 Å². The van der Waals surface area contributed by atoms with Gasteiger partial charge >= 0.3 is 0 Å². The van der Waals surface area contributed by atoms with Crippen LogP contribution >= 0.6 is 23.4 Å². The lowest BCUT2D eigenvalue weighted by Gasteiger charge is -2.37. The number of rotatable bonds is 5. The fourth-order valence-corrected chi connectivity index (χ4v) is 4.79. The number of thioether (sulfide) groups is 1. The van der Waals surface area contributed by atoms with Gasteiger partial charge in [0.1, 0.15) is 5.37 Å². The van der Waals surface area contributed by atoms with Crippen molar-refractivity contribution in [2.45, 2.75) is 18.2 Å². The zero-order valence-corrected chi connectivity index (χ0v) is 15.9. The van der Waals surface area contributed by atoms with Crippen molar-refractivity contribution >= 4 is 29.3 Å². The smallest absolute Gasteiger partial charge is 0.224 e. The molecule has 0 aromatic heterocycles. The highest BCUT2D eigenvalue weighted by atomic mass is 35.5. The Bertz CT molecular complexity index is 563. The first-order valence-electron chi connectivity index (χ1n) is 8.71. The van der Waals surface area contributed by atoms with Gasteiger partial charge < -0.3 is 14.7 Å². The first kappa shape index (κ1) is 18.1. The minimum Gasteiger partial charge on any atom is -0.326 e. The van der Waals surface area contributed by atoms with E-state index < -0.39 is 0 Å². The molecule has 2 aliphatic heterocycles. The predicted octanol–water partition coefficient (Wildman–Crippen LogP) is 2.94. The zero-order valence-electron chi connectivity index (χ0n) is 14.3. The summed E-state index contributed by atoms with van der Waals surface area (Å²) >= 11 is 7.99. The number of nitrogens with zero attached hydrogens (tertiary/aromatic N) is 3. The predicted molar refractivity (Wildman–Crippen MR) is 102 cm³/mol. The van der Waals surface area contributed by atoms with E-state index in [0.717, 1.165) is 62.0 Å². The Labute approximate surface area is 154 Å². The van der Waals surface area contributed by atoms with Crippen molar-refractivity contribution in [3.05, 3.63) is 34.9 Å². The second kappa shape index (κ2) is 8.56. The van der Waals surface area contributed by atoms with E-state index in [1.807, 2.05) is 30.0 Å². The molecule has 132 valence electrons. The second-order valence-corrected chi connectivity index (χ2v) is 8.24. The summed E-state index contributed by atoms with van der Waals surface area (Å²) in [5.74, 6) is 1.17. The number of carbonyl (C=O) groups excluding carboxylic acids is 1. The van der Waals surface area contributed by atoms with Gasteiger partial charge in [0.25, 0.3) is 0 Å². The molecule has 0 N–H and O–H groups in total. The maximum atomic E-state index is 12.4. The van der Waals surface area contributed by atoms with E-state index in [4.69, 9.17) is 11.6 Å². The molecule has 4 nitrogen and oxygen atoms in total. The van der Waals surface area contributed by atoms with Gasteiger partial charge in [-0.2, -0.15) is 0 Å². The van der Waals surface area contributed by atoms with Gasteiger partial charge in [0.2, 0.25) is 5.91 Å². The molecule has 24 heavy (non-hydrogen) atoms. The molecule has 2 aliphatic rings. The second-order valence-electron chi connectivity index (χ2n) is 6.61. The SMILES string of the molecule is CN1CCN(CCCN2C(=O)CCSC2c2cccc(Cl)c2)CC1. The molecule has 0 spiro atoms. The van der Waals surface area contributed by atoms with Crippen LogP contribution in [-0.2, 0) is 4.79 Å². The lowest BCUT2D eigenvalue weighted by atomic mass is 10.2. The number of hydrogen-bond donors (Lipinski definition) is 0. The largest absolute Gasteiger partial charge is 0.326 e. The topological polar surface area (TPSA) is 26.8 Å². The summed E-state index contributed by atoms with van der Waals surface area (Å²) in [6, 6.07) is 7.93. The van der Waals surface area contributed by atoms with Crippen LogP contribution in [-0.4, -0.2) is 72.7 Å². The fraction of sp³-hybridized carbons (Fsp3) is 0.611. The molecule has 3 rings (SSSR count). The number of likely N-dealkylation sites (N-methyl/N-ethyl adjacent to an activating group) is 1. The third-order valence-corrected chi connectivity index (χ3v) is 6.32. The Balaban J connectivity index is 1.57. The number of benzene rings is 1. The first-order valence-corrected chi connectivity index (χ1v) is 10.1. The normalized spacial score (nSPS) is 23.7. The Morgan fingerprint density at radius 3 is 2.75 bits per heavy atom. The van der Waals surface area contributed by atoms with Crippen LogP contribution in [0.2, 0.25) is 5.02 Å². The quantitative estimate of drug-likeness (QED) is 0.799. The fourth-order valence-electron chi connectivity index (χ4n) is 3.34. The minimum absolute atomic E-state index is 0.109. The van der Waals surface area contributed by atoms with E-state index in [-0.39, 0.29) is 11.3 Å². The molecule has 1 aromatic rings. The van der Waals surface area contributed by atoms with Gasteiger partial charge in [0.15, 0.2) is 0 Å². The summed E-state index contributed by atoms with van der Waals surface area (Å²) in [5, 5.41) is 0.848. The van der Waals surface area contributed by atoms with Crippen LogP contribution in [0.15, 0.2) is 24.3 Å². The van der Waals surface area contributed by atoms with Crippen LogP contribution in [0, 0.1) is 0 Å². The summed E-state index contributed by atoms with van der Waals surface area (Å²) in [5.41, 5.74) is 1.14. The third-order valence-electron chi connectivity index (χ3n) is 4.80. The molecule has 1 amide bonds. The highest BCUT2D eigenvalue weighted by Gasteiger charge is 2.29. The van der Waals surface area contributed by atoms with Crippen LogP contribution in [0.1, 0.15) is 23.8 Å². The van der Waals surface area contributed by atoms with Crippen molar-refractivity contribution in [1.29, 1.82) is 0 Å². The number of piperazine rings is 1. The molecular weight excluding hydrogens is 342 g/mol. The number of hydrogen-bond acceptors (Lipinski definition) is 4. The van der Waals surface area contributed by atoms with Crippen molar-refractivity contribution in [2.24, 2.45) is 0 Å². The van der Waals surface area contributed by atoms with Crippen molar-refractivity contribution in [1.82, 2.24) is 14.7 Å². The van der Waals surface area contributed by atoms with Crippen LogP contribution in [0.25, 0.3) is 0 Å². The highest BCUT2D eigenvalue weighted by Crippen LogP contribution is 2.38. The number of carbonyl (C=O) groups is 1. The molecular formula is C18H26ClN3OS. The maximum Gasteiger partial charge on any atom is 0.224 e. The lowest BCUT2D eigenvalue weighted by molar-refractivity contribution is -0.132. The van der Waals surface area contributed by atoms with E-state index in [0.29, 0.717) is 6.42 Å². The summed E-state index contributed by atoms with van der Waals surface area (Å²) in [6.45, 7) is 6.46. The van der Waals surface area contributed by atoms with E-state index in [1.165, 1.54) is 0 Å². The Morgan fingerprint density at radius 1 is 1.21 bits per heavy atom.